The van der Waals surface area contributed by atoms with Crippen LogP contribution < -0.4 is 10.2 Å². The van der Waals surface area contributed by atoms with Crippen LogP contribution in [0.15, 0.2) is 35.1 Å². The van der Waals surface area contributed by atoms with E-state index in [0.717, 1.165) is 23.7 Å². The topological polar surface area (TPSA) is 41.3 Å². The molecule has 0 spiro atoms. The van der Waals surface area contributed by atoms with Crippen LogP contribution in [0, 0.1) is 0 Å². The lowest BCUT2D eigenvalue weighted by Gasteiger charge is -2.18. The molecule has 0 radical (unpaired) electrons. The summed E-state index contributed by atoms with van der Waals surface area (Å²) in [4.78, 5) is 6.45. The Labute approximate surface area is 123 Å². The van der Waals surface area contributed by atoms with Gasteiger partial charge < -0.3 is 14.6 Å². The molecule has 20 heavy (non-hydrogen) atoms. The number of pyridine rings is 1. The molecule has 0 saturated heterocycles. The third-order valence-electron chi connectivity index (χ3n) is 3.39. The molecule has 0 bridgehead atoms. The molecule has 3 rings (SSSR count). The van der Waals surface area contributed by atoms with Gasteiger partial charge in [-0.1, -0.05) is 11.6 Å². The van der Waals surface area contributed by atoms with Gasteiger partial charge in [-0.3, -0.25) is 0 Å². The van der Waals surface area contributed by atoms with E-state index in [-0.39, 0.29) is 0 Å². The van der Waals surface area contributed by atoms with Crippen molar-refractivity contribution in [2.75, 3.05) is 11.9 Å². The van der Waals surface area contributed by atoms with E-state index in [1.807, 2.05) is 36.3 Å². The molecule has 1 N–H and O–H groups in total. The monoisotopic (exact) mass is 291 g/mol. The summed E-state index contributed by atoms with van der Waals surface area (Å²) in [5.74, 6) is 1.67. The van der Waals surface area contributed by atoms with Gasteiger partial charge in [-0.05, 0) is 36.6 Å². The smallest absolute Gasteiger partial charge is 0.147 e. The van der Waals surface area contributed by atoms with Crippen molar-refractivity contribution in [3.8, 4) is 0 Å². The number of rotatable bonds is 6. The van der Waals surface area contributed by atoms with E-state index >= 15 is 0 Å². The molecular formula is C15H18ClN3O. The van der Waals surface area contributed by atoms with Crippen molar-refractivity contribution in [2.45, 2.75) is 32.0 Å². The Balaban J connectivity index is 1.66. The van der Waals surface area contributed by atoms with Crippen molar-refractivity contribution in [2.24, 2.45) is 0 Å². The van der Waals surface area contributed by atoms with Crippen molar-refractivity contribution >= 4 is 17.4 Å². The lowest BCUT2D eigenvalue weighted by atomic mass is 10.2. The maximum absolute atomic E-state index is 6.33. The zero-order valence-corrected chi connectivity index (χ0v) is 12.2. The van der Waals surface area contributed by atoms with E-state index in [1.165, 1.54) is 12.8 Å². The van der Waals surface area contributed by atoms with E-state index in [1.54, 1.807) is 6.26 Å². The highest BCUT2D eigenvalue weighted by atomic mass is 35.5. The molecular weight excluding hydrogens is 274 g/mol. The number of halogens is 1. The maximum Gasteiger partial charge on any atom is 0.147 e. The van der Waals surface area contributed by atoms with Gasteiger partial charge in [0.05, 0.1) is 17.8 Å². The van der Waals surface area contributed by atoms with Crippen LogP contribution in [0.3, 0.4) is 0 Å². The van der Waals surface area contributed by atoms with Gasteiger partial charge in [0.1, 0.15) is 11.6 Å². The predicted molar refractivity (Wildman–Crippen MR) is 79.9 cm³/mol. The standard InChI is InChI=1S/C15H18ClN3O/c1-19(10-13-3-2-6-20-13)15-14(16)7-11(9-18-15)8-17-12-4-5-12/h2-3,6-7,9,12,17H,4-5,8,10H2,1H3. The highest BCUT2D eigenvalue weighted by Gasteiger charge is 2.20. The van der Waals surface area contributed by atoms with Gasteiger partial charge in [0.15, 0.2) is 0 Å². The van der Waals surface area contributed by atoms with Crippen LogP contribution in [0.4, 0.5) is 5.82 Å². The Bertz CT molecular complexity index is 567. The number of nitrogens with zero attached hydrogens (tertiary/aromatic N) is 2. The second-order valence-corrected chi connectivity index (χ2v) is 5.65. The summed E-state index contributed by atoms with van der Waals surface area (Å²) in [6.45, 7) is 1.49. The number of hydrogen-bond acceptors (Lipinski definition) is 4. The molecule has 0 aliphatic heterocycles. The largest absolute Gasteiger partial charge is 0.467 e. The highest BCUT2D eigenvalue weighted by molar-refractivity contribution is 6.33. The zero-order chi connectivity index (χ0) is 13.9. The molecule has 0 aromatic carbocycles. The molecule has 1 fully saturated rings. The fraction of sp³-hybridized carbons (Fsp3) is 0.400. The first kappa shape index (κ1) is 13.5. The van der Waals surface area contributed by atoms with Crippen molar-refractivity contribution in [3.63, 3.8) is 0 Å². The number of anilines is 1. The van der Waals surface area contributed by atoms with Crippen LogP contribution in [0.5, 0.6) is 0 Å². The fourth-order valence-electron chi connectivity index (χ4n) is 2.11. The van der Waals surface area contributed by atoms with Crippen molar-refractivity contribution in [1.29, 1.82) is 0 Å². The Kier molecular flexibility index (Phi) is 3.94. The van der Waals surface area contributed by atoms with E-state index in [2.05, 4.69) is 10.3 Å². The number of aromatic nitrogens is 1. The second kappa shape index (κ2) is 5.85. The van der Waals surface area contributed by atoms with Crippen molar-refractivity contribution < 1.29 is 4.42 Å². The van der Waals surface area contributed by atoms with Gasteiger partial charge in [-0.2, -0.15) is 0 Å². The molecule has 1 saturated carbocycles. The first-order valence-electron chi connectivity index (χ1n) is 6.83. The Morgan fingerprint density at radius 2 is 2.35 bits per heavy atom. The Morgan fingerprint density at radius 1 is 1.50 bits per heavy atom. The van der Waals surface area contributed by atoms with Crippen LogP contribution in [-0.4, -0.2) is 18.1 Å². The summed E-state index contributed by atoms with van der Waals surface area (Å²) in [7, 11) is 1.96. The average molecular weight is 292 g/mol. The molecule has 0 atom stereocenters. The van der Waals surface area contributed by atoms with Crippen LogP contribution in [0.1, 0.15) is 24.2 Å². The van der Waals surface area contributed by atoms with Crippen LogP contribution in [0.25, 0.3) is 0 Å². The SMILES string of the molecule is CN(Cc1ccco1)c1ncc(CNC2CC2)cc1Cl. The summed E-state index contributed by atoms with van der Waals surface area (Å²) in [6.07, 6.45) is 6.12. The van der Waals surface area contributed by atoms with Gasteiger partial charge in [0.25, 0.3) is 0 Å². The van der Waals surface area contributed by atoms with Gasteiger partial charge in [0, 0.05) is 25.8 Å². The molecule has 2 heterocycles. The average Bonchev–Trinajstić information content (AvgIpc) is 3.13. The van der Waals surface area contributed by atoms with E-state index in [0.29, 0.717) is 17.6 Å². The summed E-state index contributed by atoms with van der Waals surface area (Å²) in [5, 5.41) is 4.13. The number of hydrogen-bond donors (Lipinski definition) is 1. The van der Waals surface area contributed by atoms with Gasteiger partial charge >= 0.3 is 0 Å². The third kappa shape index (κ3) is 3.32. The first-order chi connectivity index (χ1) is 9.72. The Morgan fingerprint density at radius 3 is 3.00 bits per heavy atom. The quantitative estimate of drug-likeness (QED) is 0.887. The summed E-state index contributed by atoms with van der Waals surface area (Å²) >= 11 is 6.33. The van der Waals surface area contributed by atoms with E-state index in [4.69, 9.17) is 16.0 Å². The molecule has 0 unspecified atom stereocenters. The molecule has 0 amide bonds. The summed E-state index contributed by atoms with van der Waals surface area (Å²) in [5.41, 5.74) is 1.12. The zero-order valence-electron chi connectivity index (χ0n) is 11.5. The van der Waals surface area contributed by atoms with Crippen molar-refractivity contribution in [3.05, 3.63) is 47.0 Å². The number of furan rings is 1. The normalized spacial score (nSPS) is 14.5. The highest BCUT2D eigenvalue weighted by Crippen LogP contribution is 2.25. The minimum Gasteiger partial charge on any atom is -0.467 e. The van der Waals surface area contributed by atoms with E-state index < -0.39 is 0 Å². The first-order valence-corrected chi connectivity index (χ1v) is 7.21. The molecule has 5 heteroatoms. The van der Waals surface area contributed by atoms with Crippen molar-refractivity contribution in [1.82, 2.24) is 10.3 Å². The van der Waals surface area contributed by atoms with E-state index in [9.17, 15) is 0 Å². The minimum absolute atomic E-state index is 0.652. The predicted octanol–water partition coefficient (Wildman–Crippen LogP) is 3.22. The summed E-state index contributed by atoms with van der Waals surface area (Å²) in [6, 6.07) is 6.50. The molecule has 1 aliphatic rings. The van der Waals surface area contributed by atoms with Gasteiger partial charge in [0.2, 0.25) is 0 Å². The second-order valence-electron chi connectivity index (χ2n) is 5.24. The minimum atomic E-state index is 0.652. The fourth-order valence-corrected chi connectivity index (χ4v) is 2.44. The Hall–Kier alpha value is -1.52. The lowest BCUT2D eigenvalue weighted by Crippen LogP contribution is -2.19. The molecule has 106 valence electrons. The summed E-state index contributed by atoms with van der Waals surface area (Å²) < 4.78 is 5.34. The van der Waals surface area contributed by atoms with Gasteiger partial charge in [-0.25, -0.2) is 4.98 Å². The molecule has 1 aliphatic carbocycles. The molecule has 2 aromatic rings. The van der Waals surface area contributed by atoms with Gasteiger partial charge in [-0.15, -0.1) is 0 Å². The lowest BCUT2D eigenvalue weighted by molar-refractivity contribution is 0.507. The maximum atomic E-state index is 6.33. The van der Waals surface area contributed by atoms with Crippen LogP contribution >= 0.6 is 11.6 Å². The number of nitrogens with one attached hydrogen (secondary N) is 1. The van der Waals surface area contributed by atoms with Crippen LogP contribution in [-0.2, 0) is 13.1 Å². The molecule has 4 nitrogen and oxygen atoms in total. The third-order valence-corrected chi connectivity index (χ3v) is 3.66. The molecule has 2 aromatic heterocycles. The van der Waals surface area contributed by atoms with Crippen LogP contribution in [0.2, 0.25) is 5.02 Å².